The molecule has 1 aromatic heterocycles. The first kappa shape index (κ1) is 11.5. The summed E-state index contributed by atoms with van der Waals surface area (Å²) in [5, 5.41) is 12.4. The van der Waals surface area contributed by atoms with Gasteiger partial charge in [0.2, 0.25) is 0 Å². The van der Waals surface area contributed by atoms with Crippen molar-refractivity contribution < 1.29 is 13.9 Å². The van der Waals surface area contributed by atoms with E-state index < -0.39 is 0 Å². The number of halogens is 1. The molecule has 3 rings (SSSR count). The van der Waals surface area contributed by atoms with Crippen LogP contribution in [0.4, 0.5) is 10.4 Å². The molecule has 0 spiro atoms. The Hall–Kier alpha value is -1.62. The van der Waals surface area contributed by atoms with Gasteiger partial charge in [-0.2, -0.15) is 4.98 Å². The van der Waals surface area contributed by atoms with Crippen LogP contribution in [0.5, 0.6) is 0 Å². The van der Waals surface area contributed by atoms with Gasteiger partial charge in [-0.15, -0.1) is 0 Å². The van der Waals surface area contributed by atoms with Gasteiger partial charge in [0.15, 0.2) is 5.58 Å². The molecule has 0 aliphatic heterocycles. The van der Waals surface area contributed by atoms with Crippen LogP contribution in [0.25, 0.3) is 11.1 Å². The normalized spacial score (nSPS) is 17.7. The maximum atomic E-state index is 13.0. The summed E-state index contributed by atoms with van der Waals surface area (Å²) in [5.41, 5.74) is 1.03. The van der Waals surface area contributed by atoms with Crippen molar-refractivity contribution in [3.63, 3.8) is 0 Å². The lowest BCUT2D eigenvalue weighted by atomic mass is 9.69. The van der Waals surface area contributed by atoms with Crippen LogP contribution in [0.15, 0.2) is 22.6 Å². The average molecular weight is 250 g/mol. The minimum absolute atomic E-state index is 0.0358. The third kappa shape index (κ3) is 1.95. The highest BCUT2D eigenvalue weighted by Gasteiger charge is 2.36. The molecule has 18 heavy (non-hydrogen) atoms. The molecule has 1 aliphatic rings. The highest BCUT2D eigenvalue weighted by molar-refractivity contribution is 5.74. The first-order valence-electron chi connectivity index (χ1n) is 6.12. The van der Waals surface area contributed by atoms with E-state index in [9.17, 15) is 9.50 Å². The molecule has 5 heteroatoms. The van der Waals surface area contributed by atoms with Gasteiger partial charge in [-0.1, -0.05) is 6.42 Å². The topological polar surface area (TPSA) is 58.3 Å². The van der Waals surface area contributed by atoms with Crippen LogP contribution in [0, 0.1) is 11.2 Å². The molecule has 0 unspecified atom stereocenters. The minimum Gasteiger partial charge on any atom is -0.424 e. The van der Waals surface area contributed by atoms with Crippen LogP contribution in [0.2, 0.25) is 0 Å². The van der Waals surface area contributed by atoms with Gasteiger partial charge in [0, 0.05) is 18.0 Å². The SMILES string of the molecule is OCC1(CNc2nc3cc(F)ccc3o2)CCC1. The number of hydrogen-bond acceptors (Lipinski definition) is 4. The summed E-state index contributed by atoms with van der Waals surface area (Å²) >= 11 is 0. The molecule has 2 aromatic rings. The number of aromatic nitrogens is 1. The molecule has 96 valence electrons. The highest BCUT2D eigenvalue weighted by Crippen LogP contribution is 2.40. The fraction of sp³-hybridized carbons (Fsp3) is 0.462. The summed E-state index contributed by atoms with van der Waals surface area (Å²) in [6, 6.07) is 4.64. The smallest absolute Gasteiger partial charge is 0.295 e. The van der Waals surface area contributed by atoms with Crippen molar-refractivity contribution in [3.8, 4) is 0 Å². The third-order valence-corrected chi connectivity index (χ3v) is 3.71. The van der Waals surface area contributed by atoms with E-state index in [4.69, 9.17) is 4.42 Å². The fourth-order valence-corrected chi connectivity index (χ4v) is 2.31. The Bertz CT molecular complexity index is 558. The van der Waals surface area contributed by atoms with Crippen LogP contribution >= 0.6 is 0 Å². The largest absolute Gasteiger partial charge is 0.424 e. The number of rotatable bonds is 4. The molecule has 1 aliphatic carbocycles. The van der Waals surface area contributed by atoms with E-state index in [2.05, 4.69) is 10.3 Å². The molecule has 2 N–H and O–H groups in total. The molecular formula is C13H15FN2O2. The maximum Gasteiger partial charge on any atom is 0.295 e. The van der Waals surface area contributed by atoms with Gasteiger partial charge >= 0.3 is 0 Å². The van der Waals surface area contributed by atoms with E-state index in [1.165, 1.54) is 12.1 Å². The number of nitrogens with zero attached hydrogens (tertiary/aromatic N) is 1. The number of anilines is 1. The Morgan fingerprint density at radius 2 is 2.28 bits per heavy atom. The maximum absolute atomic E-state index is 13.0. The number of nitrogens with one attached hydrogen (secondary N) is 1. The Balaban J connectivity index is 1.74. The lowest BCUT2D eigenvalue weighted by molar-refractivity contribution is 0.0572. The summed E-state index contributed by atoms with van der Waals surface area (Å²) in [6.45, 7) is 0.813. The van der Waals surface area contributed by atoms with Gasteiger partial charge in [0.25, 0.3) is 6.01 Å². The van der Waals surface area contributed by atoms with Crippen molar-refractivity contribution in [1.29, 1.82) is 0 Å². The van der Waals surface area contributed by atoms with Crippen molar-refractivity contribution in [2.24, 2.45) is 5.41 Å². The van der Waals surface area contributed by atoms with E-state index in [0.717, 1.165) is 19.3 Å². The molecule has 0 atom stereocenters. The second-order valence-corrected chi connectivity index (χ2v) is 5.00. The van der Waals surface area contributed by atoms with Crippen molar-refractivity contribution in [3.05, 3.63) is 24.0 Å². The zero-order valence-electron chi connectivity index (χ0n) is 9.95. The van der Waals surface area contributed by atoms with Crippen LogP contribution in [0.1, 0.15) is 19.3 Å². The number of oxazole rings is 1. The number of hydrogen-bond donors (Lipinski definition) is 2. The van der Waals surface area contributed by atoms with E-state index in [-0.39, 0.29) is 17.8 Å². The number of fused-ring (bicyclic) bond motifs is 1. The van der Waals surface area contributed by atoms with Crippen molar-refractivity contribution in [2.45, 2.75) is 19.3 Å². The van der Waals surface area contributed by atoms with Gasteiger partial charge < -0.3 is 14.8 Å². The fourth-order valence-electron chi connectivity index (χ4n) is 2.31. The molecule has 1 aromatic carbocycles. The van der Waals surface area contributed by atoms with Crippen molar-refractivity contribution in [2.75, 3.05) is 18.5 Å². The highest BCUT2D eigenvalue weighted by atomic mass is 19.1. The van der Waals surface area contributed by atoms with Crippen LogP contribution in [-0.2, 0) is 0 Å². The molecule has 4 nitrogen and oxygen atoms in total. The lowest BCUT2D eigenvalue weighted by Gasteiger charge is -2.40. The zero-order chi connectivity index (χ0) is 12.6. The Labute approximate surface area is 104 Å². The predicted octanol–water partition coefficient (Wildman–Crippen LogP) is 2.54. The standard InChI is InChI=1S/C13H15FN2O2/c14-9-2-3-11-10(6-9)16-12(18-11)15-7-13(8-17)4-1-5-13/h2-3,6,17H,1,4-5,7-8H2,(H,15,16). The van der Waals surface area contributed by atoms with E-state index in [1.54, 1.807) is 6.07 Å². The Kier molecular flexibility index (Phi) is 2.70. The average Bonchev–Trinajstić information content (AvgIpc) is 2.70. The lowest BCUT2D eigenvalue weighted by Crippen LogP contribution is -2.39. The first-order chi connectivity index (χ1) is 8.71. The molecule has 0 radical (unpaired) electrons. The van der Waals surface area contributed by atoms with Gasteiger partial charge in [-0.3, -0.25) is 0 Å². The molecular weight excluding hydrogens is 235 g/mol. The molecule has 1 saturated carbocycles. The zero-order valence-corrected chi connectivity index (χ0v) is 9.95. The number of benzene rings is 1. The first-order valence-corrected chi connectivity index (χ1v) is 6.12. The van der Waals surface area contributed by atoms with Crippen LogP contribution < -0.4 is 5.32 Å². The third-order valence-electron chi connectivity index (χ3n) is 3.71. The van der Waals surface area contributed by atoms with Crippen LogP contribution in [0.3, 0.4) is 0 Å². The summed E-state index contributed by atoms with van der Waals surface area (Å²) in [6.07, 6.45) is 3.19. The predicted molar refractivity (Wildman–Crippen MR) is 65.8 cm³/mol. The molecule has 0 bridgehead atoms. The summed E-state index contributed by atoms with van der Waals surface area (Å²) in [4.78, 5) is 4.17. The number of aliphatic hydroxyl groups excluding tert-OH is 1. The quantitative estimate of drug-likeness (QED) is 0.875. The molecule has 0 amide bonds. The van der Waals surface area contributed by atoms with Crippen LogP contribution in [-0.4, -0.2) is 23.2 Å². The van der Waals surface area contributed by atoms with Gasteiger partial charge in [0.05, 0.1) is 6.61 Å². The Morgan fingerprint density at radius 1 is 1.44 bits per heavy atom. The summed E-state index contributed by atoms with van der Waals surface area (Å²) in [5.74, 6) is -0.326. The minimum atomic E-state index is -0.326. The van der Waals surface area contributed by atoms with E-state index in [0.29, 0.717) is 23.7 Å². The number of aliphatic hydroxyl groups is 1. The van der Waals surface area contributed by atoms with Crippen molar-refractivity contribution in [1.82, 2.24) is 4.98 Å². The van der Waals surface area contributed by atoms with E-state index in [1.807, 2.05) is 0 Å². The van der Waals surface area contributed by atoms with Gasteiger partial charge in [0.1, 0.15) is 11.3 Å². The second kappa shape index (κ2) is 4.24. The van der Waals surface area contributed by atoms with Gasteiger partial charge in [-0.25, -0.2) is 4.39 Å². The van der Waals surface area contributed by atoms with Gasteiger partial charge in [-0.05, 0) is 25.0 Å². The van der Waals surface area contributed by atoms with E-state index >= 15 is 0 Å². The molecule has 1 heterocycles. The summed E-state index contributed by atoms with van der Waals surface area (Å²) < 4.78 is 18.5. The Morgan fingerprint density at radius 3 is 2.94 bits per heavy atom. The summed E-state index contributed by atoms with van der Waals surface area (Å²) in [7, 11) is 0. The van der Waals surface area contributed by atoms with Crippen molar-refractivity contribution >= 4 is 17.1 Å². The second-order valence-electron chi connectivity index (χ2n) is 5.00. The monoisotopic (exact) mass is 250 g/mol. The molecule has 1 fully saturated rings. The molecule has 0 saturated heterocycles.